The molecule has 1 aromatic rings. The Kier molecular flexibility index (Phi) is 4.13. The summed E-state index contributed by atoms with van der Waals surface area (Å²) in [5.41, 5.74) is 0.965. The zero-order valence-electron chi connectivity index (χ0n) is 9.21. The van der Waals surface area contributed by atoms with Crippen molar-refractivity contribution in [3.05, 3.63) is 29.8 Å². The molecule has 0 bridgehead atoms. The first-order valence-corrected chi connectivity index (χ1v) is 6.19. The highest BCUT2D eigenvalue weighted by molar-refractivity contribution is 6.19. The maximum atomic E-state index is 5.73. The summed E-state index contributed by atoms with van der Waals surface area (Å²) in [4.78, 5) is 0. The van der Waals surface area contributed by atoms with E-state index >= 15 is 0 Å². The van der Waals surface area contributed by atoms with Gasteiger partial charge in [-0.05, 0) is 37.0 Å². The molecule has 0 radical (unpaired) electrons. The minimum absolute atomic E-state index is 0.368. The monoisotopic (exact) mass is 234 g/mol. The fourth-order valence-corrected chi connectivity index (χ4v) is 1.74. The summed E-state index contributed by atoms with van der Waals surface area (Å²) in [6.45, 7) is 0.840. The molecule has 0 saturated heterocycles. The van der Waals surface area contributed by atoms with E-state index in [-0.39, 0.29) is 0 Å². The summed E-state index contributed by atoms with van der Waals surface area (Å²) in [5.74, 6) is 7.87. The normalized spacial score (nSPS) is 14.8. The maximum absolute atomic E-state index is 5.73. The third kappa shape index (κ3) is 3.18. The largest absolute Gasteiger partial charge is 0.493 e. The van der Waals surface area contributed by atoms with Gasteiger partial charge in [0.15, 0.2) is 0 Å². The van der Waals surface area contributed by atoms with Crippen molar-refractivity contribution in [2.75, 3.05) is 12.5 Å². The van der Waals surface area contributed by atoms with Crippen molar-refractivity contribution in [2.24, 2.45) is 5.92 Å². The number of hydrogen-bond donors (Lipinski definition) is 0. The van der Waals surface area contributed by atoms with Crippen LogP contribution in [0.1, 0.15) is 24.8 Å². The quantitative estimate of drug-likeness (QED) is 0.575. The molecule has 0 heterocycles. The zero-order valence-corrected chi connectivity index (χ0v) is 9.96. The Bertz CT molecular complexity index is 399. The van der Waals surface area contributed by atoms with Crippen LogP contribution in [0.3, 0.4) is 0 Å². The van der Waals surface area contributed by atoms with E-state index in [1.165, 1.54) is 19.3 Å². The molecular weight excluding hydrogens is 220 g/mol. The van der Waals surface area contributed by atoms with Gasteiger partial charge in [0.25, 0.3) is 0 Å². The van der Waals surface area contributed by atoms with Crippen LogP contribution in [0.15, 0.2) is 24.3 Å². The van der Waals surface area contributed by atoms with Crippen molar-refractivity contribution >= 4 is 11.6 Å². The van der Waals surface area contributed by atoms with E-state index in [2.05, 4.69) is 11.8 Å². The molecular formula is C14H15ClO. The molecule has 2 heteroatoms. The lowest BCUT2D eigenvalue weighted by Crippen LogP contribution is -2.19. The molecule has 1 aliphatic rings. The zero-order chi connectivity index (χ0) is 11.2. The van der Waals surface area contributed by atoms with Crippen LogP contribution in [0.25, 0.3) is 0 Å². The first-order valence-electron chi connectivity index (χ1n) is 5.66. The Morgan fingerprint density at radius 3 is 2.94 bits per heavy atom. The van der Waals surface area contributed by atoms with Crippen LogP contribution in [0, 0.1) is 17.8 Å². The van der Waals surface area contributed by atoms with Gasteiger partial charge in [-0.1, -0.05) is 24.3 Å². The molecule has 16 heavy (non-hydrogen) atoms. The van der Waals surface area contributed by atoms with Gasteiger partial charge in [0, 0.05) is 5.56 Å². The molecule has 0 spiro atoms. The second-order valence-corrected chi connectivity index (χ2v) is 4.34. The topological polar surface area (TPSA) is 9.23 Å². The van der Waals surface area contributed by atoms with Crippen LogP contribution in [0.2, 0.25) is 0 Å². The summed E-state index contributed by atoms with van der Waals surface area (Å²) in [5, 5.41) is 0. The van der Waals surface area contributed by atoms with E-state index in [0.717, 1.165) is 23.8 Å². The fourth-order valence-electron chi connectivity index (χ4n) is 1.67. The Morgan fingerprint density at radius 2 is 2.25 bits per heavy atom. The van der Waals surface area contributed by atoms with Gasteiger partial charge < -0.3 is 4.74 Å². The molecule has 1 fully saturated rings. The molecule has 1 saturated carbocycles. The van der Waals surface area contributed by atoms with Gasteiger partial charge in [-0.3, -0.25) is 0 Å². The highest BCUT2D eigenvalue weighted by Crippen LogP contribution is 2.27. The van der Waals surface area contributed by atoms with E-state index in [4.69, 9.17) is 16.3 Å². The number of ether oxygens (including phenoxy) is 1. The summed E-state index contributed by atoms with van der Waals surface area (Å²) >= 11 is 5.52. The van der Waals surface area contributed by atoms with Gasteiger partial charge in [0.1, 0.15) is 5.75 Å². The lowest BCUT2D eigenvalue weighted by Gasteiger charge is -2.25. The van der Waals surface area contributed by atoms with Crippen molar-refractivity contribution < 1.29 is 4.74 Å². The van der Waals surface area contributed by atoms with Crippen molar-refractivity contribution in [1.29, 1.82) is 0 Å². The van der Waals surface area contributed by atoms with Gasteiger partial charge in [0.2, 0.25) is 0 Å². The Morgan fingerprint density at radius 1 is 1.38 bits per heavy atom. The van der Waals surface area contributed by atoms with E-state index in [9.17, 15) is 0 Å². The number of halogens is 1. The van der Waals surface area contributed by atoms with Crippen molar-refractivity contribution in [3.8, 4) is 17.6 Å². The van der Waals surface area contributed by atoms with Gasteiger partial charge in [0.05, 0.1) is 12.5 Å². The maximum Gasteiger partial charge on any atom is 0.120 e. The lowest BCUT2D eigenvalue weighted by atomic mass is 9.86. The molecule has 0 aliphatic heterocycles. The number of rotatable bonds is 3. The van der Waals surface area contributed by atoms with Crippen LogP contribution >= 0.6 is 11.6 Å². The third-order valence-corrected chi connectivity index (χ3v) is 2.98. The van der Waals surface area contributed by atoms with Gasteiger partial charge >= 0.3 is 0 Å². The standard InChI is InChI=1S/C14H15ClO/c15-9-3-7-12-4-2-8-14(10-12)16-11-13-5-1-6-13/h2,4,8,10,13H,1,5-6,9,11H2. The minimum atomic E-state index is 0.368. The molecule has 0 N–H and O–H groups in total. The molecule has 84 valence electrons. The number of hydrogen-bond acceptors (Lipinski definition) is 1. The summed E-state index contributed by atoms with van der Waals surface area (Å²) in [6, 6.07) is 7.88. The highest BCUT2D eigenvalue weighted by atomic mass is 35.5. The van der Waals surface area contributed by atoms with E-state index in [1.54, 1.807) is 0 Å². The lowest BCUT2D eigenvalue weighted by molar-refractivity contribution is 0.180. The number of benzene rings is 1. The predicted molar refractivity (Wildman–Crippen MR) is 66.9 cm³/mol. The average Bonchev–Trinajstić information content (AvgIpc) is 2.25. The first-order chi connectivity index (χ1) is 7.88. The summed E-state index contributed by atoms with van der Waals surface area (Å²) in [7, 11) is 0. The van der Waals surface area contributed by atoms with E-state index in [1.807, 2.05) is 24.3 Å². The average molecular weight is 235 g/mol. The molecule has 1 aliphatic carbocycles. The van der Waals surface area contributed by atoms with Crippen LogP contribution in [-0.2, 0) is 0 Å². The first kappa shape index (κ1) is 11.4. The molecule has 0 atom stereocenters. The molecule has 0 amide bonds. The Hall–Kier alpha value is -1.13. The highest BCUT2D eigenvalue weighted by Gasteiger charge is 2.17. The van der Waals surface area contributed by atoms with Gasteiger partial charge in [-0.15, -0.1) is 11.6 Å². The smallest absolute Gasteiger partial charge is 0.120 e. The van der Waals surface area contributed by atoms with Crippen molar-refractivity contribution in [2.45, 2.75) is 19.3 Å². The minimum Gasteiger partial charge on any atom is -0.493 e. The molecule has 2 rings (SSSR count). The summed E-state index contributed by atoms with van der Waals surface area (Å²) < 4.78 is 5.73. The Labute approximate surface area is 102 Å². The summed E-state index contributed by atoms with van der Waals surface area (Å²) in [6.07, 6.45) is 3.98. The van der Waals surface area contributed by atoms with Crippen LogP contribution in [-0.4, -0.2) is 12.5 Å². The second-order valence-electron chi connectivity index (χ2n) is 4.07. The molecule has 0 aromatic heterocycles. The van der Waals surface area contributed by atoms with Crippen molar-refractivity contribution in [3.63, 3.8) is 0 Å². The third-order valence-electron chi connectivity index (χ3n) is 2.84. The predicted octanol–water partition coefficient (Wildman–Crippen LogP) is 3.46. The van der Waals surface area contributed by atoms with Crippen LogP contribution in [0.5, 0.6) is 5.75 Å². The SMILES string of the molecule is ClCC#Cc1cccc(OCC2CCC2)c1. The van der Waals surface area contributed by atoms with E-state index in [0.29, 0.717) is 5.88 Å². The van der Waals surface area contributed by atoms with E-state index < -0.39 is 0 Å². The van der Waals surface area contributed by atoms with Gasteiger partial charge in [-0.25, -0.2) is 0 Å². The van der Waals surface area contributed by atoms with Crippen LogP contribution < -0.4 is 4.74 Å². The second kappa shape index (κ2) is 5.82. The Balaban J connectivity index is 1.92. The van der Waals surface area contributed by atoms with Gasteiger partial charge in [-0.2, -0.15) is 0 Å². The molecule has 1 nitrogen and oxygen atoms in total. The number of alkyl halides is 1. The van der Waals surface area contributed by atoms with Crippen LogP contribution in [0.4, 0.5) is 0 Å². The van der Waals surface area contributed by atoms with Crippen molar-refractivity contribution in [1.82, 2.24) is 0 Å². The molecule has 1 aromatic carbocycles. The molecule has 0 unspecified atom stereocenters. The fraction of sp³-hybridized carbons (Fsp3) is 0.429.